The minimum absolute atomic E-state index is 0.308. The summed E-state index contributed by atoms with van der Waals surface area (Å²) in [6.07, 6.45) is 3.28. The van der Waals surface area contributed by atoms with Gasteiger partial charge in [0.05, 0.1) is 5.69 Å². The fourth-order valence-electron chi connectivity index (χ4n) is 2.34. The number of benzene rings is 1. The molecule has 0 radical (unpaired) electrons. The number of aromatic nitrogens is 2. The topological polar surface area (TPSA) is 64.2 Å². The van der Waals surface area contributed by atoms with E-state index in [9.17, 15) is 4.79 Å². The van der Waals surface area contributed by atoms with Crippen molar-refractivity contribution in [3.8, 4) is 5.75 Å². The molecule has 0 bridgehead atoms. The predicted octanol–water partition coefficient (Wildman–Crippen LogP) is 3.38. The van der Waals surface area contributed by atoms with Gasteiger partial charge in [-0.3, -0.25) is 9.78 Å². The van der Waals surface area contributed by atoms with Gasteiger partial charge in [0.1, 0.15) is 18.5 Å². The zero-order valence-corrected chi connectivity index (χ0v) is 12.2. The third kappa shape index (κ3) is 2.93. The van der Waals surface area contributed by atoms with Crippen molar-refractivity contribution in [1.82, 2.24) is 9.97 Å². The number of ether oxygens (including phenoxy) is 2. The van der Waals surface area contributed by atoms with Crippen LogP contribution >= 0.6 is 0 Å². The molecule has 1 N–H and O–H groups in total. The van der Waals surface area contributed by atoms with E-state index in [1.165, 1.54) is 0 Å². The molecule has 0 aliphatic rings. The number of carbonyl (C=O) groups excluding carboxylic acids is 1. The van der Waals surface area contributed by atoms with Crippen molar-refractivity contribution in [2.75, 3.05) is 0 Å². The first-order valence-corrected chi connectivity index (χ1v) is 7.01. The normalized spacial score (nSPS) is 12.0. The van der Waals surface area contributed by atoms with E-state index in [0.717, 1.165) is 27.9 Å². The first kappa shape index (κ1) is 14.1. The van der Waals surface area contributed by atoms with Crippen molar-refractivity contribution in [1.29, 1.82) is 0 Å². The maximum atomic E-state index is 10.5. The van der Waals surface area contributed by atoms with Crippen LogP contribution in [0.3, 0.4) is 0 Å². The first-order chi connectivity index (χ1) is 10.8. The Kier molecular flexibility index (Phi) is 4.05. The minimum Gasteiger partial charge on any atom is -0.487 e. The van der Waals surface area contributed by atoms with Gasteiger partial charge in [-0.1, -0.05) is 6.07 Å². The lowest BCUT2D eigenvalue weighted by Gasteiger charge is -2.09. The molecule has 5 nitrogen and oxygen atoms in total. The highest BCUT2D eigenvalue weighted by Gasteiger charge is 2.12. The summed E-state index contributed by atoms with van der Waals surface area (Å²) >= 11 is 0. The van der Waals surface area contributed by atoms with Crippen LogP contribution in [0, 0.1) is 0 Å². The highest BCUT2D eigenvalue weighted by Crippen LogP contribution is 2.29. The molecule has 0 aliphatic heterocycles. The molecule has 3 rings (SSSR count). The molecule has 0 saturated carbocycles. The zero-order chi connectivity index (χ0) is 15.4. The van der Waals surface area contributed by atoms with Crippen LogP contribution < -0.4 is 4.74 Å². The van der Waals surface area contributed by atoms with E-state index in [1.807, 2.05) is 49.5 Å². The average Bonchev–Trinajstić information content (AvgIpc) is 2.97. The summed E-state index contributed by atoms with van der Waals surface area (Å²) in [5.41, 5.74) is 2.77. The van der Waals surface area contributed by atoms with Crippen LogP contribution in [0.25, 0.3) is 10.9 Å². The Morgan fingerprint density at radius 1 is 1.32 bits per heavy atom. The Morgan fingerprint density at radius 3 is 3.00 bits per heavy atom. The molecule has 0 aliphatic carbocycles. The maximum Gasteiger partial charge on any atom is 0.293 e. The summed E-state index contributed by atoms with van der Waals surface area (Å²) < 4.78 is 10.8. The molecular formula is C17H16N2O3. The SMILES string of the molecule is CC(OC=O)c1c[nH]c2ccc(OCc3ccccn3)cc12. The second-order valence-corrected chi connectivity index (χ2v) is 4.94. The molecular weight excluding hydrogens is 280 g/mol. The molecule has 0 fully saturated rings. The number of rotatable bonds is 6. The molecule has 2 aromatic heterocycles. The molecule has 1 aromatic carbocycles. The van der Waals surface area contributed by atoms with Gasteiger partial charge in [-0.25, -0.2) is 0 Å². The number of nitrogens with zero attached hydrogens (tertiary/aromatic N) is 1. The highest BCUT2D eigenvalue weighted by molar-refractivity contribution is 5.85. The number of hydrogen-bond acceptors (Lipinski definition) is 4. The van der Waals surface area contributed by atoms with Gasteiger partial charge in [-0.15, -0.1) is 0 Å². The molecule has 1 unspecified atom stereocenters. The van der Waals surface area contributed by atoms with Crippen LogP contribution in [0.2, 0.25) is 0 Å². The van der Waals surface area contributed by atoms with Gasteiger partial charge >= 0.3 is 0 Å². The quantitative estimate of drug-likeness (QED) is 0.708. The van der Waals surface area contributed by atoms with E-state index < -0.39 is 0 Å². The minimum atomic E-state index is -0.308. The van der Waals surface area contributed by atoms with Crippen molar-refractivity contribution in [2.24, 2.45) is 0 Å². The van der Waals surface area contributed by atoms with Gasteiger partial charge in [0.2, 0.25) is 0 Å². The molecule has 0 amide bonds. The largest absolute Gasteiger partial charge is 0.487 e. The Morgan fingerprint density at radius 2 is 2.23 bits per heavy atom. The maximum absolute atomic E-state index is 10.5. The van der Waals surface area contributed by atoms with Crippen LogP contribution in [0.4, 0.5) is 0 Å². The van der Waals surface area contributed by atoms with Gasteiger partial charge in [0, 0.05) is 28.9 Å². The fraction of sp³-hybridized carbons (Fsp3) is 0.176. The molecule has 112 valence electrons. The van der Waals surface area contributed by atoms with Crippen LogP contribution in [0.1, 0.15) is 24.3 Å². The van der Waals surface area contributed by atoms with Crippen molar-refractivity contribution in [3.05, 3.63) is 60.0 Å². The summed E-state index contributed by atoms with van der Waals surface area (Å²) in [4.78, 5) is 17.9. The first-order valence-electron chi connectivity index (χ1n) is 7.01. The molecule has 3 aromatic rings. The molecule has 0 saturated heterocycles. The highest BCUT2D eigenvalue weighted by atomic mass is 16.5. The Labute approximate surface area is 127 Å². The Hall–Kier alpha value is -2.82. The van der Waals surface area contributed by atoms with E-state index in [1.54, 1.807) is 6.20 Å². The van der Waals surface area contributed by atoms with Gasteiger partial charge in [-0.2, -0.15) is 0 Å². The average molecular weight is 296 g/mol. The van der Waals surface area contributed by atoms with Crippen molar-refractivity contribution >= 4 is 17.4 Å². The van der Waals surface area contributed by atoms with Crippen LogP contribution in [-0.4, -0.2) is 16.4 Å². The molecule has 1 atom stereocenters. The number of nitrogens with one attached hydrogen (secondary N) is 1. The predicted molar refractivity (Wildman–Crippen MR) is 82.4 cm³/mol. The van der Waals surface area contributed by atoms with E-state index in [4.69, 9.17) is 9.47 Å². The number of carbonyl (C=O) groups is 1. The Balaban J connectivity index is 1.82. The smallest absolute Gasteiger partial charge is 0.293 e. The lowest BCUT2D eigenvalue weighted by molar-refractivity contribution is -0.133. The van der Waals surface area contributed by atoms with Crippen molar-refractivity contribution < 1.29 is 14.3 Å². The summed E-state index contributed by atoms with van der Waals surface area (Å²) in [5, 5.41) is 0.980. The number of H-pyrrole nitrogens is 1. The molecule has 2 heterocycles. The van der Waals surface area contributed by atoms with Crippen LogP contribution in [0.5, 0.6) is 5.75 Å². The lowest BCUT2D eigenvalue weighted by Crippen LogP contribution is -1.98. The second-order valence-electron chi connectivity index (χ2n) is 4.94. The Bertz CT molecular complexity index is 768. The number of hydrogen-bond donors (Lipinski definition) is 1. The lowest BCUT2D eigenvalue weighted by atomic mass is 10.1. The second kappa shape index (κ2) is 6.30. The molecule has 0 spiro atoms. The van der Waals surface area contributed by atoms with Crippen molar-refractivity contribution in [2.45, 2.75) is 19.6 Å². The van der Waals surface area contributed by atoms with Gasteiger partial charge < -0.3 is 14.5 Å². The molecule has 5 heteroatoms. The van der Waals surface area contributed by atoms with Gasteiger partial charge in [0.15, 0.2) is 0 Å². The number of pyridine rings is 1. The third-order valence-corrected chi connectivity index (χ3v) is 3.50. The number of aromatic amines is 1. The standard InChI is InChI=1S/C17H16N2O3/c1-12(22-11-20)16-9-19-17-6-5-14(8-15(16)17)21-10-13-4-2-3-7-18-13/h2-9,11-12,19H,10H2,1H3. The third-order valence-electron chi connectivity index (χ3n) is 3.50. The fourth-order valence-corrected chi connectivity index (χ4v) is 2.34. The van der Waals surface area contributed by atoms with Crippen LogP contribution in [0.15, 0.2) is 48.8 Å². The molecule has 22 heavy (non-hydrogen) atoms. The van der Waals surface area contributed by atoms with Gasteiger partial charge in [0.25, 0.3) is 6.47 Å². The van der Waals surface area contributed by atoms with E-state index >= 15 is 0 Å². The summed E-state index contributed by atoms with van der Waals surface area (Å²) in [6, 6.07) is 11.5. The van der Waals surface area contributed by atoms with Gasteiger partial charge in [-0.05, 0) is 37.3 Å². The summed E-state index contributed by atoms with van der Waals surface area (Å²) in [5.74, 6) is 0.748. The number of fused-ring (bicyclic) bond motifs is 1. The zero-order valence-electron chi connectivity index (χ0n) is 12.2. The summed E-state index contributed by atoms with van der Waals surface area (Å²) in [7, 11) is 0. The van der Waals surface area contributed by atoms with E-state index in [2.05, 4.69) is 9.97 Å². The van der Waals surface area contributed by atoms with Crippen molar-refractivity contribution in [3.63, 3.8) is 0 Å². The summed E-state index contributed by atoms with van der Waals surface area (Å²) in [6.45, 7) is 2.70. The van der Waals surface area contributed by atoms with Crippen LogP contribution in [-0.2, 0) is 16.1 Å². The van der Waals surface area contributed by atoms with E-state index in [0.29, 0.717) is 13.1 Å². The monoisotopic (exact) mass is 296 g/mol. The van der Waals surface area contributed by atoms with E-state index in [-0.39, 0.29) is 6.10 Å².